The number of piperidine rings is 1. The van der Waals surface area contributed by atoms with Gasteiger partial charge in [0.25, 0.3) is 10.0 Å². The lowest BCUT2D eigenvalue weighted by Gasteiger charge is -2.25. The van der Waals surface area contributed by atoms with Gasteiger partial charge < -0.3 is 9.64 Å². The summed E-state index contributed by atoms with van der Waals surface area (Å²) >= 11 is 1.14. The highest BCUT2D eigenvalue weighted by molar-refractivity contribution is 7.91. The third kappa shape index (κ3) is 5.55. The zero-order valence-corrected chi connectivity index (χ0v) is 18.0. The number of carbonyl (C=O) groups is 1. The maximum absolute atomic E-state index is 13.5. The molecule has 158 valence electrons. The van der Waals surface area contributed by atoms with Crippen molar-refractivity contribution < 1.29 is 22.3 Å². The van der Waals surface area contributed by atoms with E-state index in [0.29, 0.717) is 24.5 Å². The Morgan fingerprint density at radius 3 is 2.62 bits per heavy atom. The van der Waals surface area contributed by atoms with Gasteiger partial charge in [0.05, 0.1) is 13.0 Å². The zero-order valence-electron chi connectivity index (χ0n) is 16.3. The zero-order chi connectivity index (χ0) is 20.9. The van der Waals surface area contributed by atoms with Gasteiger partial charge in [-0.2, -0.15) is 4.31 Å². The van der Waals surface area contributed by atoms with Gasteiger partial charge in [0.1, 0.15) is 10.8 Å². The van der Waals surface area contributed by atoms with Gasteiger partial charge in [-0.05, 0) is 37.1 Å². The second-order valence-electron chi connectivity index (χ2n) is 6.96. The summed E-state index contributed by atoms with van der Waals surface area (Å²) in [7, 11) is -1.83. The number of amides is 1. The predicted octanol–water partition coefficient (Wildman–Crippen LogP) is 3.14. The van der Waals surface area contributed by atoms with Gasteiger partial charge in [-0.25, -0.2) is 12.8 Å². The average Bonchev–Trinajstić information content (AvgIpc) is 3.19. The number of sulfonamides is 1. The van der Waals surface area contributed by atoms with Gasteiger partial charge >= 0.3 is 0 Å². The monoisotopic (exact) mass is 440 g/mol. The van der Waals surface area contributed by atoms with Gasteiger partial charge in [-0.15, -0.1) is 11.3 Å². The lowest BCUT2D eigenvalue weighted by atomic mass is 10.2. The molecular formula is C20H25FN2O4S2. The second-order valence-corrected chi connectivity index (χ2v) is 10.3. The molecule has 0 saturated carbocycles. The molecule has 1 fully saturated rings. The number of hydrogen-bond acceptors (Lipinski definition) is 5. The number of rotatable bonds is 8. The summed E-state index contributed by atoms with van der Waals surface area (Å²) in [5, 5.41) is 0. The number of ether oxygens (including phenoxy) is 1. The van der Waals surface area contributed by atoms with Crippen molar-refractivity contribution >= 4 is 27.3 Å². The number of para-hydroxylation sites is 1. The fourth-order valence-electron chi connectivity index (χ4n) is 3.09. The Morgan fingerprint density at radius 1 is 1.17 bits per heavy atom. The summed E-state index contributed by atoms with van der Waals surface area (Å²) in [5.41, 5.74) is 0. The van der Waals surface area contributed by atoms with Crippen LogP contribution in [-0.2, 0) is 21.2 Å². The molecule has 0 radical (unpaired) electrons. The Hall–Kier alpha value is -1.97. The maximum Gasteiger partial charge on any atom is 0.252 e. The van der Waals surface area contributed by atoms with E-state index in [1.165, 1.54) is 21.3 Å². The van der Waals surface area contributed by atoms with Crippen LogP contribution in [-0.4, -0.2) is 56.8 Å². The highest BCUT2D eigenvalue weighted by Gasteiger charge is 2.27. The normalized spacial score (nSPS) is 15.2. The number of thiophene rings is 1. The molecule has 3 rings (SSSR count). The summed E-state index contributed by atoms with van der Waals surface area (Å²) in [5.74, 6) is -0.437. The average molecular weight is 441 g/mol. The summed E-state index contributed by atoms with van der Waals surface area (Å²) < 4.78 is 46.2. The molecule has 0 atom stereocenters. The van der Waals surface area contributed by atoms with Crippen molar-refractivity contribution in [1.29, 1.82) is 0 Å². The van der Waals surface area contributed by atoms with Crippen molar-refractivity contribution in [3.63, 3.8) is 0 Å². The molecule has 6 nitrogen and oxygen atoms in total. The van der Waals surface area contributed by atoms with E-state index in [4.69, 9.17) is 4.74 Å². The van der Waals surface area contributed by atoms with Crippen LogP contribution in [0.2, 0.25) is 0 Å². The molecule has 1 amide bonds. The SMILES string of the molecule is CN(CCOc1ccccc1F)C(=O)Cc1ccc(S(=O)(=O)N2CCCCC2)s1. The van der Waals surface area contributed by atoms with Crippen LogP contribution in [0.3, 0.4) is 0 Å². The Labute approximate surface area is 174 Å². The molecule has 2 heterocycles. The van der Waals surface area contributed by atoms with Crippen molar-refractivity contribution in [2.24, 2.45) is 0 Å². The fourth-order valence-corrected chi connectivity index (χ4v) is 6.11. The molecular weight excluding hydrogens is 415 g/mol. The van der Waals surface area contributed by atoms with Crippen molar-refractivity contribution in [3.05, 3.63) is 47.1 Å². The Balaban J connectivity index is 1.52. The molecule has 0 aliphatic carbocycles. The van der Waals surface area contributed by atoms with Crippen LogP contribution in [0.5, 0.6) is 5.75 Å². The quantitative estimate of drug-likeness (QED) is 0.633. The van der Waals surface area contributed by atoms with Gasteiger partial charge in [-0.1, -0.05) is 18.6 Å². The summed E-state index contributed by atoms with van der Waals surface area (Å²) in [6, 6.07) is 9.39. The van der Waals surface area contributed by atoms with Crippen molar-refractivity contribution in [3.8, 4) is 5.75 Å². The van der Waals surface area contributed by atoms with Crippen LogP contribution in [0, 0.1) is 5.82 Å². The van der Waals surface area contributed by atoms with Crippen LogP contribution in [0.25, 0.3) is 0 Å². The van der Waals surface area contributed by atoms with E-state index in [9.17, 15) is 17.6 Å². The molecule has 0 unspecified atom stereocenters. The van der Waals surface area contributed by atoms with E-state index in [-0.39, 0.29) is 28.9 Å². The standard InChI is InChI=1S/C20H25FN2O4S2/c1-22(13-14-27-18-8-4-3-7-17(18)21)19(24)15-16-9-10-20(28-16)29(25,26)23-11-5-2-6-12-23/h3-4,7-10H,2,5-6,11-15H2,1H3. The first-order valence-corrected chi connectivity index (χ1v) is 11.8. The van der Waals surface area contributed by atoms with Gasteiger partial charge in [0.2, 0.25) is 5.91 Å². The Kier molecular flexibility index (Phi) is 7.26. The first kappa shape index (κ1) is 21.7. The van der Waals surface area contributed by atoms with Crippen LogP contribution < -0.4 is 4.74 Å². The topological polar surface area (TPSA) is 66.9 Å². The van der Waals surface area contributed by atoms with Gasteiger partial charge in [0, 0.05) is 25.0 Å². The van der Waals surface area contributed by atoms with E-state index in [2.05, 4.69) is 0 Å². The third-order valence-electron chi connectivity index (χ3n) is 4.82. The predicted molar refractivity (Wildman–Crippen MR) is 110 cm³/mol. The minimum absolute atomic E-state index is 0.121. The Morgan fingerprint density at radius 2 is 1.90 bits per heavy atom. The molecule has 0 N–H and O–H groups in total. The molecule has 0 bridgehead atoms. The van der Waals surface area contributed by atoms with Crippen LogP contribution in [0.15, 0.2) is 40.6 Å². The first-order chi connectivity index (χ1) is 13.9. The molecule has 1 aliphatic heterocycles. The number of likely N-dealkylation sites (N-methyl/N-ethyl adjacent to an activating group) is 1. The molecule has 1 aromatic carbocycles. The summed E-state index contributed by atoms with van der Waals surface area (Å²) in [6.45, 7) is 1.58. The number of benzene rings is 1. The lowest BCUT2D eigenvalue weighted by Crippen LogP contribution is -2.35. The molecule has 29 heavy (non-hydrogen) atoms. The third-order valence-corrected chi connectivity index (χ3v) is 8.27. The highest BCUT2D eigenvalue weighted by Crippen LogP contribution is 2.27. The second kappa shape index (κ2) is 9.69. The molecule has 0 spiro atoms. The highest BCUT2D eigenvalue weighted by atomic mass is 32.2. The first-order valence-electron chi connectivity index (χ1n) is 9.58. The fraction of sp³-hybridized carbons (Fsp3) is 0.450. The molecule has 9 heteroatoms. The number of carbonyl (C=O) groups excluding carboxylic acids is 1. The number of halogens is 1. The smallest absolute Gasteiger partial charge is 0.252 e. The molecule has 1 aromatic heterocycles. The largest absolute Gasteiger partial charge is 0.489 e. The van der Waals surface area contributed by atoms with Crippen LogP contribution >= 0.6 is 11.3 Å². The van der Waals surface area contributed by atoms with Crippen molar-refractivity contribution in [1.82, 2.24) is 9.21 Å². The molecule has 2 aromatic rings. The summed E-state index contributed by atoms with van der Waals surface area (Å²) in [6.07, 6.45) is 2.95. The van der Waals surface area contributed by atoms with Crippen LogP contribution in [0.1, 0.15) is 24.1 Å². The van der Waals surface area contributed by atoms with E-state index >= 15 is 0 Å². The van der Waals surface area contributed by atoms with Gasteiger partial charge in [0.15, 0.2) is 11.6 Å². The summed E-state index contributed by atoms with van der Waals surface area (Å²) in [4.78, 5) is 14.6. The van der Waals surface area contributed by atoms with E-state index in [1.807, 2.05) is 0 Å². The van der Waals surface area contributed by atoms with E-state index in [1.54, 1.807) is 31.3 Å². The van der Waals surface area contributed by atoms with Crippen molar-refractivity contribution in [2.75, 3.05) is 33.3 Å². The lowest BCUT2D eigenvalue weighted by molar-refractivity contribution is -0.129. The van der Waals surface area contributed by atoms with E-state index in [0.717, 1.165) is 30.6 Å². The Bertz CT molecular complexity index is 939. The number of hydrogen-bond donors (Lipinski definition) is 0. The van der Waals surface area contributed by atoms with Crippen molar-refractivity contribution in [2.45, 2.75) is 29.9 Å². The van der Waals surface area contributed by atoms with Gasteiger partial charge in [-0.3, -0.25) is 4.79 Å². The van der Waals surface area contributed by atoms with Crippen LogP contribution in [0.4, 0.5) is 4.39 Å². The molecule has 1 saturated heterocycles. The van der Waals surface area contributed by atoms with E-state index < -0.39 is 15.8 Å². The maximum atomic E-state index is 13.5. The minimum Gasteiger partial charge on any atom is -0.489 e. The molecule has 1 aliphatic rings. The minimum atomic E-state index is -3.47. The number of nitrogens with zero attached hydrogens (tertiary/aromatic N) is 2.